The van der Waals surface area contributed by atoms with E-state index in [1.165, 1.54) is 12.8 Å². The van der Waals surface area contributed by atoms with Gasteiger partial charge >= 0.3 is 12.1 Å². The number of rotatable bonds is 6. The van der Waals surface area contributed by atoms with Gasteiger partial charge < -0.3 is 26.4 Å². The van der Waals surface area contributed by atoms with Crippen molar-refractivity contribution >= 4 is 12.1 Å². The summed E-state index contributed by atoms with van der Waals surface area (Å²) in [5, 5.41) is 8.86. The van der Waals surface area contributed by atoms with Crippen LogP contribution in [0.4, 0.5) is 9.59 Å². The van der Waals surface area contributed by atoms with E-state index in [4.69, 9.17) is 10.5 Å². The van der Waals surface area contributed by atoms with Crippen LogP contribution >= 0.6 is 0 Å². The van der Waals surface area contributed by atoms with Gasteiger partial charge in [0.15, 0.2) is 0 Å². The van der Waals surface area contributed by atoms with Crippen LogP contribution in [-0.4, -0.2) is 43.4 Å². The Morgan fingerprint density at radius 3 is 2.45 bits per heavy atom. The molecule has 5 N–H and O–H groups in total. The normalized spacial score (nSPS) is 22.0. The molecule has 3 amide bonds. The number of ether oxygens (including phenoxy) is 1. The number of hydrogen-bond acceptors (Lipinski definition) is 4. The molecule has 2 unspecified atom stereocenters. The average molecular weight is 314 g/mol. The fourth-order valence-electron chi connectivity index (χ4n) is 2.69. The van der Waals surface area contributed by atoms with Crippen LogP contribution < -0.4 is 21.7 Å². The molecule has 0 heterocycles. The molecule has 1 aliphatic rings. The highest BCUT2D eigenvalue weighted by Crippen LogP contribution is 2.24. The van der Waals surface area contributed by atoms with Crippen molar-refractivity contribution in [3.8, 4) is 0 Å². The number of primary amides is 1. The molecule has 0 aromatic rings. The largest absolute Gasteiger partial charge is 0.444 e. The lowest BCUT2D eigenvalue weighted by molar-refractivity contribution is 0.0510. The second kappa shape index (κ2) is 8.82. The van der Waals surface area contributed by atoms with Crippen LogP contribution in [0.1, 0.15) is 46.5 Å². The maximum atomic E-state index is 11.7. The van der Waals surface area contributed by atoms with E-state index in [1.54, 1.807) is 0 Å². The Balaban J connectivity index is 2.32. The first-order chi connectivity index (χ1) is 10.3. The Hall–Kier alpha value is -1.50. The highest BCUT2D eigenvalue weighted by Gasteiger charge is 2.25. The molecule has 1 rings (SSSR count). The zero-order chi connectivity index (χ0) is 16.6. The third-order valence-electron chi connectivity index (χ3n) is 3.65. The lowest BCUT2D eigenvalue weighted by Crippen LogP contribution is -2.47. The number of nitrogens with two attached hydrogens (primary N) is 1. The number of urea groups is 1. The van der Waals surface area contributed by atoms with Crippen LogP contribution in [0.15, 0.2) is 0 Å². The monoisotopic (exact) mass is 314 g/mol. The van der Waals surface area contributed by atoms with Crippen molar-refractivity contribution in [2.24, 2.45) is 11.7 Å². The molecule has 0 spiro atoms. The van der Waals surface area contributed by atoms with E-state index in [0.29, 0.717) is 31.6 Å². The summed E-state index contributed by atoms with van der Waals surface area (Å²) in [7, 11) is 0. The number of carbonyl (C=O) groups excluding carboxylic acids is 2. The van der Waals surface area contributed by atoms with Gasteiger partial charge in [-0.2, -0.15) is 0 Å². The zero-order valence-electron chi connectivity index (χ0n) is 13.9. The zero-order valence-corrected chi connectivity index (χ0v) is 13.9. The molecule has 2 atom stereocenters. The standard InChI is InChI=1S/C15H30N4O3/c1-15(2,3)22-14(21)19-10-11-6-4-5-7-12(11)17-8-9-18-13(16)20/h11-12,17H,4-10H2,1-3H3,(H,19,21)(H3,16,18,20). The minimum atomic E-state index is -0.506. The molecule has 0 saturated heterocycles. The Labute approximate surface area is 132 Å². The van der Waals surface area contributed by atoms with Gasteiger partial charge in [0, 0.05) is 25.7 Å². The van der Waals surface area contributed by atoms with E-state index in [-0.39, 0.29) is 6.09 Å². The van der Waals surface area contributed by atoms with Crippen molar-refractivity contribution < 1.29 is 14.3 Å². The smallest absolute Gasteiger partial charge is 0.407 e. The molecule has 0 aliphatic heterocycles. The van der Waals surface area contributed by atoms with Crippen LogP contribution in [0, 0.1) is 5.92 Å². The van der Waals surface area contributed by atoms with Gasteiger partial charge in [-0.25, -0.2) is 9.59 Å². The van der Waals surface area contributed by atoms with Crippen LogP contribution in [0.3, 0.4) is 0 Å². The molecule has 0 aromatic heterocycles. The lowest BCUT2D eigenvalue weighted by atomic mass is 9.84. The molecule has 7 heteroatoms. The first-order valence-corrected chi connectivity index (χ1v) is 8.01. The molecule has 128 valence electrons. The third-order valence-corrected chi connectivity index (χ3v) is 3.65. The maximum absolute atomic E-state index is 11.7. The summed E-state index contributed by atoms with van der Waals surface area (Å²) in [6, 6.07) is -0.160. The minimum absolute atomic E-state index is 0.346. The Morgan fingerprint density at radius 2 is 1.82 bits per heavy atom. The molecule has 1 fully saturated rings. The van der Waals surface area contributed by atoms with E-state index in [9.17, 15) is 9.59 Å². The third kappa shape index (κ3) is 8.07. The summed E-state index contributed by atoms with van der Waals surface area (Å²) in [6.45, 7) is 7.35. The van der Waals surface area contributed by atoms with Crippen molar-refractivity contribution in [1.82, 2.24) is 16.0 Å². The van der Waals surface area contributed by atoms with Crippen LogP contribution in [-0.2, 0) is 4.74 Å². The molecular formula is C15H30N4O3. The average Bonchev–Trinajstić information content (AvgIpc) is 2.40. The first kappa shape index (κ1) is 18.5. The Kier molecular flexibility index (Phi) is 7.44. The van der Waals surface area contributed by atoms with E-state index in [1.807, 2.05) is 20.8 Å². The number of nitrogens with one attached hydrogen (secondary N) is 3. The van der Waals surface area contributed by atoms with Crippen molar-refractivity contribution in [3.63, 3.8) is 0 Å². The van der Waals surface area contributed by atoms with Gasteiger partial charge in [-0.3, -0.25) is 0 Å². The van der Waals surface area contributed by atoms with Gasteiger partial charge in [0.05, 0.1) is 0 Å². The predicted molar refractivity (Wildman–Crippen MR) is 85.6 cm³/mol. The summed E-state index contributed by atoms with van der Waals surface area (Å²) in [4.78, 5) is 22.4. The second-order valence-electron chi connectivity index (χ2n) is 6.78. The van der Waals surface area contributed by atoms with Crippen molar-refractivity contribution in [2.45, 2.75) is 58.1 Å². The topological polar surface area (TPSA) is 105 Å². The van der Waals surface area contributed by atoms with E-state index < -0.39 is 11.6 Å². The fourth-order valence-corrected chi connectivity index (χ4v) is 2.69. The van der Waals surface area contributed by atoms with Crippen LogP contribution in [0.5, 0.6) is 0 Å². The predicted octanol–water partition coefficient (Wildman–Crippen LogP) is 1.33. The van der Waals surface area contributed by atoms with Gasteiger partial charge in [0.2, 0.25) is 0 Å². The molecule has 0 bridgehead atoms. The molecule has 22 heavy (non-hydrogen) atoms. The van der Waals surface area contributed by atoms with E-state index >= 15 is 0 Å². The Morgan fingerprint density at radius 1 is 1.14 bits per heavy atom. The maximum Gasteiger partial charge on any atom is 0.407 e. The van der Waals surface area contributed by atoms with E-state index in [2.05, 4.69) is 16.0 Å². The van der Waals surface area contributed by atoms with Gasteiger partial charge in [-0.1, -0.05) is 12.8 Å². The van der Waals surface area contributed by atoms with Crippen molar-refractivity contribution in [3.05, 3.63) is 0 Å². The quantitative estimate of drug-likeness (QED) is 0.555. The van der Waals surface area contributed by atoms with Gasteiger partial charge in [0.25, 0.3) is 0 Å². The van der Waals surface area contributed by atoms with Crippen molar-refractivity contribution in [1.29, 1.82) is 0 Å². The SMILES string of the molecule is CC(C)(C)OC(=O)NCC1CCCCC1NCCNC(N)=O. The lowest BCUT2D eigenvalue weighted by Gasteiger charge is -2.32. The molecule has 7 nitrogen and oxygen atoms in total. The summed E-state index contributed by atoms with van der Waals surface area (Å²) >= 11 is 0. The summed E-state index contributed by atoms with van der Waals surface area (Å²) in [6.07, 6.45) is 4.16. The summed E-state index contributed by atoms with van der Waals surface area (Å²) in [5.74, 6) is 0.384. The molecular weight excluding hydrogens is 284 g/mol. The van der Waals surface area contributed by atoms with Gasteiger partial charge in [-0.05, 0) is 39.5 Å². The highest BCUT2D eigenvalue weighted by molar-refractivity contribution is 5.71. The molecule has 1 saturated carbocycles. The first-order valence-electron chi connectivity index (χ1n) is 8.01. The summed E-state index contributed by atoms with van der Waals surface area (Å²) in [5.41, 5.74) is 4.55. The minimum Gasteiger partial charge on any atom is -0.444 e. The number of amides is 3. The van der Waals surface area contributed by atoms with Crippen LogP contribution in [0.2, 0.25) is 0 Å². The number of hydrogen-bond donors (Lipinski definition) is 4. The highest BCUT2D eigenvalue weighted by atomic mass is 16.6. The van der Waals surface area contributed by atoms with E-state index in [0.717, 1.165) is 12.8 Å². The van der Waals surface area contributed by atoms with Gasteiger partial charge in [-0.15, -0.1) is 0 Å². The molecule has 1 aliphatic carbocycles. The summed E-state index contributed by atoms with van der Waals surface area (Å²) < 4.78 is 5.26. The number of alkyl carbamates (subject to hydrolysis) is 1. The van der Waals surface area contributed by atoms with Gasteiger partial charge in [0.1, 0.15) is 5.60 Å². The van der Waals surface area contributed by atoms with Crippen LogP contribution in [0.25, 0.3) is 0 Å². The molecule has 0 radical (unpaired) electrons. The second-order valence-corrected chi connectivity index (χ2v) is 6.78. The van der Waals surface area contributed by atoms with Crippen molar-refractivity contribution in [2.75, 3.05) is 19.6 Å². The number of carbonyl (C=O) groups is 2. The Bertz CT molecular complexity index is 368. The molecule has 0 aromatic carbocycles. The fraction of sp³-hybridized carbons (Fsp3) is 0.867.